The van der Waals surface area contributed by atoms with Gasteiger partial charge in [0.25, 0.3) is 0 Å². The Labute approximate surface area is 83.7 Å². The van der Waals surface area contributed by atoms with E-state index in [0.29, 0.717) is 11.8 Å². The Balaban J connectivity index is 4.53. The maximum atomic E-state index is 2.36. The van der Waals surface area contributed by atoms with E-state index in [1.54, 1.807) is 0 Å². The van der Waals surface area contributed by atoms with Gasteiger partial charge in [-0.2, -0.15) is 0 Å². The van der Waals surface area contributed by atoms with Crippen LogP contribution in [0.5, 0.6) is 0 Å². The van der Waals surface area contributed by atoms with Gasteiger partial charge >= 0.3 is 0 Å². The van der Waals surface area contributed by atoms with Crippen LogP contribution in [0.4, 0.5) is 0 Å². The molecule has 0 saturated carbocycles. The zero-order chi connectivity index (χ0) is 10.6. The van der Waals surface area contributed by atoms with E-state index in [9.17, 15) is 0 Å². The molecule has 0 aromatic carbocycles. The molecule has 13 heavy (non-hydrogen) atoms. The summed E-state index contributed by atoms with van der Waals surface area (Å²) in [7, 11) is 0. The second kappa shape index (κ2) is 5.26. The predicted octanol–water partition coefficient (Wildman–Crippen LogP) is 4.58. The molecule has 0 radical (unpaired) electrons. The third-order valence-corrected chi connectivity index (χ3v) is 2.86. The van der Waals surface area contributed by atoms with Gasteiger partial charge in [-0.15, -0.1) is 0 Å². The second-order valence-electron chi connectivity index (χ2n) is 4.57. The Bertz CT molecular complexity index is 210. The molecule has 0 fully saturated rings. The second-order valence-corrected chi connectivity index (χ2v) is 4.57. The lowest BCUT2D eigenvalue weighted by molar-refractivity contribution is 0.522. The molecular weight excluding hydrogens is 156 g/mol. The first-order valence-corrected chi connectivity index (χ1v) is 5.15. The molecule has 0 aliphatic heterocycles. The van der Waals surface area contributed by atoms with Gasteiger partial charge < -0.3 is 0 Å². The van der Waals surface area contributed by atoms with Crippen molar-refractivity contribution in [2.45, 2.75) is 48.5 Å². The van der Waals surface area contributed by atoms with E-state index < -0.39 is 0 Å². The van der Waals surface area contributed by atoms with E-state index in [4.69, 9.17) is 0 Å². The maximum absolute atomic E-state index is 2.36. The number of allylic oxidation sites excluding steroid dienone is 4. The van der Waals surface area contributed by atoms with Crippen molar-refractivity contribution in [2.24, 2.45) is 11.8 Å². The van der Waals surface area contributed by atoms with Gasteiger partial charge in [-0.25, -0.2) is 0 Å². The Morgan fingerprint density at radius 2 is 1.38 bits per heavy atom. The molecular formula is C13H24. The highest BCUT2D eigenvalue weighted by molar-refractivity contribution is 5.13. The van der Waals surface area contributed by atoms with Gasteiger partial charge in [-0.05, 0) is 46.5 Å². The summed E-state index contributed by atoms with van der Waals surface area (Å²) in [5, 5.41) is 0. The Morgan fingerprint density at radius 1 is 0.923 bits per heavy atom. The molecule has 76 valence electrons. The van der Waals surface area contributed by atoms with Crippen molar-refractivity contribution in [3.63, 3.8) is 0 Å². The minimum Gasteiger partial charge on any atom is -0.0825 e. The maximum Gasteiger partial charge on any atom is -0.0172 e. The first kappa shape index (κ1) is 12.5. The summed E-state index contributed by atoms with van der Waals surface area (Å²) in [5.74, 6) is 1.32. The minimum atomic E-state index is 0.653. The number of hydrogen-bond donors (Lipinski definition) is 0. The van der Waals surface area contributed by atoms with Crippen molar-refractivity contribution < 1.29 is 0 Å². The lowest BCUT2D eigenvalue weighted by Crippen LogP contribution is -2.08. The van der Waals surface area contributed by atoms with Gasteiger partial charge in [0.15, 0.2) is 0 Å². The molecule has 0 heteroatoms. The molecule has 2 unspecified atom stereocenters. The molecule has 0 N–H and O–H groups in total. The van der Waals surface area contributed by atoms with Crippen LogP contribution in [0.2, 0.25) is 0 Å². The van der Waals surface area contributed by atoms with Crippen molar-refractivity contribution in [3.05, 3.63) is 22.8 Å². The molecule has 0 saturated heterocycles. The van der Waals surface area contributed by atoms with Crippen LogP contribution in [0.1, 0.15) is 48.5 Å². The highest BCUT2D eigenvalue weighted by atomic mass is 14.2. The van der Waals surface area contributed by atoms with Crippen LogP contribution in [-0.4, -0.2) is 0 Å². The summed E-state index contributed by atoms with van der Waals surface area (Å²) in [5.41, 5.74) is 4.41. The van der Waals surface area contributed by atoms with Gasteiger partial charge in [0.2, 0.25) is 0 Å². The highest BCUT2D eigenvalue weighted by Gasteiger charge is 2.11. The van der Waals surface area contributed by atoms with E-state index in [0.717, 1.165) is 0 Å². The lowest BCUT2D eigenvalue weighted by atomic mass is 9.86. The third kappa shape index (κ3) is 4.31. The minimum absolute atomic E-state index is 0.653. The van der Waals surface area contributed by atoms with Crippen molar-refractivity contribution in [1.29, 1.82) is 0 Å². The SMILES string of the molecule is CC(C)=CC(C)C(C)C(C)=C(C)C. The molecule has 0 heterocycles. The predicted molar refractivity (Wildman–Crippen MR) is 61.8 cm³/mol. The zero-order valence-electron chi connectivity index (χ0n) is 10.2. The van der Waals surface area contributed by atoms with Gasteiger partial charge in [0, 0.05) is 0 Å². The largest absolute Gasteiger partial charge is 0.0825 e. The van der Waals surface area contributed by atoms with Crippen molar-refractivity contribution in [2.75, 3.05) is 0 Å². The lowest BCUT2D eigenvalue weighted by Gasteiger charge is -2.19. The van der Waals surface area contributed by atoms with Crippen LogP contribution in [0.3, 0.4) is 0 Å². The van der Waals surface area contributed by atoms with E-state index in [1.165, 1.54) is 16.7 Å². The highest BCUT2D eigenvalue weighted by Crippen LogP contribution is 2.24. The van der Waals surface area contributed by atoms with E-state index >= 15 is 0 Å². The topological polar surface area (TPSA) is 0 Å². The quantitative estimate of drug-likeness (QED) is 0.558. The van der Waals surface area contributed by atoms with Crippen molar-refractivity contribution >= 4 is 0 Å². The first-order chi connectivity index (χ1) is 5.86. The summed E-state index contributed by atoms with van der Waals surface area (Å²) in [6, 6.07) is 0. The number of hydrogen-bond acceptors (Lipinski definition) is 0. The molecule has 0 bridgehead atoms. The molecule has 0 aromatic rings. The molecule has 0 nitrogen and oxygen atoms in total. The Hall–Kier alpha value is -0.520. The molecule has 0 aromatic heterocycles. The summed E-state index contributed by atoms with van der Waals surface area (Å²) in [6.07, 6.45) is 2.36. The van der Waals surface area contributed by atoms with Gasteiger partial charge in [0.1, 0.15) is 0 Å². The van der Waals surface area contributed by atoms with Crippen LogP contribution in [0, 0.1) is 11.8 Å². The van der Waals surface area contributed by atoms with Crippen LogP contribution < -0.4 is 0 Å². The fourth-order valence-electron chi connectivity index (χ4n) is 1.52. The molecule has 2 atom stereocenters. The normalized spacial score (nSPS) is 14.7. The fraction of sp³-hybridized carbons (Fsp3) is 0.692. The van der Waals surface area contributed by atoms with Crippen LogP contribution in [0.25, 0.3) is 0 Å². The molecule has 0 rings (SSSR count). The van der Waals surface area contributed by atoms with Crippen LogP contribution in [-0.2, 0) is 0 Å². The average molecular weight is 180 g/mol. The monoisotopic (exact) mass is 180 g/mol. The van der Waals surface area contributed by atoms with Gasteiger partial charge in [-0.1, -0.05) is 36.6 Å². The van der Waals surface area contributed by atoms with Crippen LogP contribution >= 0.6 is 0 Å². The fourth-order valence-corrected chi connectivity index (χ4v) is 1.52. The average Bonchev–Trinajstić information content (AvgIpc) is 2.00. The van der Waals surface area contributed by atoms with Crippen LogP contribution in [0.15, 0.2) is 22.8 Å². The van der Waals surface area contributed by atoms with Gasteiger partial charge in [0.05, 0.1) is 0 Å². The summed E-state index contributed by atoms with van der Waals surface area (Å²) < 4.78 is 0. The van der Waals surface area contributed by atoms with Gasteiger partial charge in [-0.3, -0.25) is 0 Å². The standard InChI is InChI=1S/C13H24/c1-9(2)8-11(5)13(7)12(6)10(3)4/h8,11,13H,1-7H3. The summed E-state index contributed by atoms with van der Waals surface area (Å²) in [6.45, 7) is 15.6. The third-order valence-electron chi connectivity index (χ3n) is 2.86. The van der Waals surface area contributed by atoms with E-state index in [2.05, 4.69) is 54.5 Å². The Kier molecular flexibility index (Phi) is 5.05. The summed E-state index contributed by atoms with van der Waals surface area (Å²) in [4.78, 5) is 0. The molecule has 0 amide bonds. The molecule has 0 aliphatic rings. The zero-order valence-corrected chi connectivity index (χ0v) is 10.2. The molecule has 0 aliphatic carbocycles. The summed E-state index contributed by atoms with van der Waals surface area (Å²) >= 11 is 0. The van der Waals surface area contributed by atoms with E-state index in [1.807, 2.05) is 0 Å². The van der Waals surface area contributed by atoms with Crippen molar-refractivity contribution in [3.8, 4) is 0 Å². The smallest absolute Gasteiger partial charge is 0.0172 e. The number of rotatable bonds is 3. The van der Waals surface area contributed by atoms with E-state index in [-0.39, 0.29) is 0 Å². The Morgan fingerprint density at radius 3 is 1.69 bits per heavy atom. The molecule has 0 spiro atoms. The van der Waals surface area contributed by atoms with Crippen molar-refractivity contribution in [1.82, 2.24) is 0 Å². The first-order valence-electron chi connectivity index (χ1n) is 5.15.